The molecule has 1 aliphatic carbocycles. The predicted molar refractivity (Wildman–Crippen MR) is 106 cm³/mol. The van der Waals surface area contributed by atoms with Crippen LogP contribution in [0.3, 0.4) is 0 Å². The van der Waals surface area contributed by atoms with Crippen molar-refractivity contribution in [3.05, 3.63) is 16.8 Å². The van der Waals surface area contributed by atoms with E-state index in [1.54, 1.807) is 17.7 Å². The lowest BCUT2D eigenvalue weighted by Gasteiger charge is -2.33. The maximum Gasteiger partial charge on any atom is 0.223 e. The Bertz CT molecular complexity index is 808. The smallest absolute Gasteiger partial charge is 0.223 e. The van der Waals surface area contributed by atoms with E-state index < -0.39 is 0 Å². The molecule has 1 aliphatic heterocycles. The molecule has 3 N–H and O–H groups in total. The molecule has 2 aromatic heterocycles. The monoisotopic (exact) mass is 373 g/mol. The fourth-order valence-electron chi connectivity index (χ4n) is 3.93. The van der Waals surface area contributed by atoms with Gasteiger partial charge in [-0.25, -0.2) is 9.97 Å². The number of fused-ring (bicyclic) bond motifs is 1. The normalized spacial score (nSPS) is 19.7. The Labute approximate surface area is 158 Å². The first-order valence-electron chi connectivity index (χ1n) is 9.54. The highest BCUT2D eigenvalue weighted by Crippen LogP contribution is 2.36. The topological polar surface area (TPSA) is 84.1 Å². The Morgan fingerprint density at radius 3 is 2.69 bits per heavy atom. The summed E-state index contributed by atoms with van der Waals surface area (Å²) >= 11 is 1.73. The Kier molecular flexibility index (Phi) is 4.84. The number of anilines is 1. The fraction of sp³-hybridized carbons (Fsp3) is 0.632. The first-order chi connectivity index (χ1) is 12.6. The summed E-state index contributed by atoms with van der Waals surface area (Å²) in [7, 11) is 0. The van der Waals surface area contributed by atoms with Crippen LogP contribution < -0.4 is 16.0 Å². The zero-order chi connectivity index (χ0) is 18.3. The largest absolute Gasteiger partial charge is 0.356 e. The lowest BCUT2D eigenvalue weighted by Crippen LogP contribution is -2.47. The third kappa shape index (κ3) is 3.30. The van der Waals surface area contributed by atoms with Crippen LogP contribution in [0.1, 0.15) is 36.1 Å². The molecule has 1 unspecified atom stereocenters. The van der Waals surface area contributed by atoms with Crippen molar-refractivity contribution in [3.63, 3.8) is 0 Å². The van der Waals surface area contributed by atoms with Gasteiger partial charge in [-0.3, -0.25) is 4.79 Å². The van der Waals surface area contributed by atoms with Gasteiger partial charge in [-0.15, -0.1) is 11.3 Å². The van der Waals surface area contributed by atoms with E-state index in [0.29, 0.717) is 12.5 Å². The number of hydrogen-bond donors (Lipinski definition) is 2. The molecule has 2 fully saturated rings. The number of carbonyl (C=O) groups excluding carboxylic acids is 1. The molecule has 4 rings (SSSR count). The van der Waals surface area contributed by atoms with Gasteiger partial charge in [0.1, 0.15) is 17.0 Å². The van der Waals surface area contributed by atoms with Crippen LogP contribution in [0.15, 0.2) is 6.33 Å². The number of piperidine rings is 1. The molecule has 26 heavy (non-hydrogen) atoms. The van der Waals surface area contributed by atoms with Gasteiger partial charge in [0, 0.05) is 36.5 Å². The minimum absolute atomic E-state index is 0.0849. The van der Waals surface area contributed by atoms with E-state index in [1.165, 1.54) is 28.7 Å². The molecular weight excluding hydrogens is 346 g/mol. The van der Waals surface area contributed by atoms with Crippen molar-refractivity contribution >= 4 is 33.3 Å². The van der Waals surface area contributed by atoms with E-state index in [-0.39, 0.29) is 17.9 Å². The number of nitrogens with two attached hydrogens (primary N) is 1. The molecule has 1 saturated heterocycles. The number of aryl methyl sites for hydroxylation is 2. The quantitative estimate of drug-likeness (QED) is 0.841. The van der Waals surface area contributed by atoms with E-state index >= 15 is 0 Å². The fourth-order valence-corrected chi connectivity index (χ4v) is 4.92. The molecule has 0 bridgehead atoms. The second-order valence-electron chi connectivity index (χ2n) is 7.61. The molecule has 0 radical (unpaired) electrons. The van der Waals surface area contributed by atoms with E-state index in [4.69, 9.17) is 5.73 Å². The minimum Gasteiger partial charge on any atom is -0.356 e. The van der Waals surface area contributed by atoms with Crippen LogP contribution >= 0.6 is 11.3 Å². The predicted octanol–water partition coefficient (Wildman–Crippen LogP) is 2.38. The van der Waals surface area contributed by atoms with Crippen molar-refractivity contribution in [3.8, 4) is 0 Å². The summed E-state index contributed by atoms with van der Waals surface area (Å²) < 4.78 is 0. The summed E-state index contributed by atoms with van der Waals surface area (Å²) in [5.74, 6) is 1.89. The second-order valence-corrected chi connectivity index (χ2v) is 8.81. The Morgan fingerprint density at radius 2 is 2.04 bits per heavy atom. The van der Waals surface area contributed by atoms with E-state index in [1.807, 2.05) is 0 Å². The minimum atomic E-state index is 0.0849. The maximum atomic E-state index is 12.6. The lowest BCUT2D eigenvalue weighted by molar-refractivity contribution is -0.126. The highest BCUT2D eigenvalue weighted by molar-refractivity contribution is 7.18. The third-order valence-corrected chi connectivity index (χ3v) is 7.00. The lowest BCUT2D eigenvalue weighted by atomic mass is 9.95. The van der Waals surface area contributed by atoms with Crippen LogP contribution in [-0.2, 0) is 4.79 Å². The van der Waals surface area contributed by atoms with Gasteiger partial charge >= 0.3 is 0 Å². The van der Waals surface area contributed by atoms with Gasteiger partial charge < -0.3 is 16.0 Å². The van der Waals surface area contributed by atoms with Crippen LogP contribution in [0.2, 0.25) is 0 Å². The van der Waals surface area contributed by atoms with Crippen LogP contribution in [0.4, 0.5) is 5.82 Å². The number of amides is 1. The average Bonchev–Trinajstić information content (AvgIpc) is 3.46. The SMILES string of the molecule is Cc1sc2ncnc(N3CCC(C(=O)NC(CN)C4CC4)CC3)c2c1C. The summed E-state index contributed by atoms with van der Waals surface area (Å²) in [5, 5.41) is 4.36. The number of aromatic nitrogens is 2. The number of nitrogens with zero attached hydrogens (tertiary/aromatic N) is 3. The van der Waals surface area contributed by atoms with Gasteiger partial charge in [-0.05, 0) is 51.0 Å². The highest BCUT2D eigenvalue weighted by Gasteiger charge is 2.34. The molecular formula is C19H27N5OS. The first-order valence-corrected chi connectivity index (χ1v) is 10.4. The summed E-state index contributed by atoms with van der Waals surface area (Å²) in [6, 6.07) is 0.165. The van der Waals surface area contributed by atoms with Gasteiger partial charge in [-0.1, -0.05) is 0 Å². The molecule has 1 amide bonds. The summed E-state index contributed by atoms with van der Waals surface area (Å²) in [6.07, 6.45) is 5.78. The molecule has 7 heteroatoms. The van der Waals surface area contributed by atoms with E-state index in [9.17, 15) is 4.79 Å². The Morgan fingerprint density at radius 1 is 1.31 bits per heavy atom. The van der Waals surface area contributed by atoms with Crippen molar-refractivity contribution in [1.82, 2.24) is 15.3 Å². The van der Waals surface area contributed by atoms with Gasteiger partial charge in [0.05, 0.1) is 5.39 Å². The van der Waals surface area contributed by atoms with Gasteiger partial charge in [0.25, 0.3) is 0 Å². The number of hydrogen-bond acceptors (Lipinski definition) is 6. The van der Waals surface area contributed by atoms with Crippen LogP contribution in [0, 0.1) is 25.7 Å². The Hall–Kier alpha value is -1.73. The molecule has 3 heterocycles. The standard InChI is InChI=1S/C19H27N5OS/c1-11-12(2)26-19-16(11)17(21-10-22-19)24-7-5-14(6-8-24)18(25)23-15(9-20)13-3-4-13/h10,13-15H,3-9,20H2,1-2H3,(H,23,25). The molecule has 2 aliphatic rings. The zero-order valence-corrected chi connectivity index (χ0v) is 16.3. The summed E-state index contributed by atoms with van der Waals surface area (Å²) in [4.78, 5) is 26.3. The summed E-state index contributed by atoms with van der Waals surface area (Å²) in [6.45, 7) is 6.54. The van der Waals surface area contributed by atoms with Crippen molar-refractivity contribution in [1.29, 1.82) is 0 Å². The van der Waals surface area contributed by atoms with E-state index in [2.05, 4.69) is 34.0 Å². The second kappa shape index (κ2) is 7.12. The van der Waals surface area contributed by atoms with Gasteiger partial charge in [0.2, 0.25) is 5.91 Å². The summed E-state index contributed by atoms with van der Waals surface area (Å²) in [5.41, 5.74) is 7.10. The van der Waals surface area contributed by atoms with Gasteiger partial charge in [0.15, 0.2) is 0 Å². The molecule has 6 nitrogen and oxygen atoms in total. The van der Waals surface area contributed by atoms with Crippen LogP contribution in [-0.4, -0.2) is 41.6 Å². The molecule has 1 atom stereocenters. The number of nitrogens with one attached hydrogen (secondary N) is 1. The maximum absolute atomic E-state index is 12.6. The number of carbonyl (C=O) groups is 1. The first kappa shape index (κ1) is 17.7. The van der Waals surface area contributed by atoms with Gasteiger partial charge in [-0.2, -0.15) is 0 Å². The number of rotatable bonds is 5. The van der Waals surface area contributed by atoms with Crippen molar-refractivity contribution in [2.24, 2.45) is 17.6 Å². The molecule has 1 saturated carbocycles. The average molecular weight is 374 g/mol. The molecule has 2 aromatic rings. The number of thiophene rings is 1. The molecule has 0 aromatic carbocycles. The van der Waals surface area contributed by atoms with E-state index in [0.717, 1.165) is 36.6 Å². The van der Waals surface area contributed by atoms with Crippen molar-refractivity contribution in [2.45, 2.75) is 45.6 Å². The van der Waals surface area contributed by atoms with Crippen LogP contribution in [0.25, 0.3) is 10.2 Å². The van der Waals surface area contributed by atoms with Crippen LogP contribution in [0.5, 0.6) is 0 Å². The van der Waals surface area contributed by atoms with Crippen molar-refractivity contribution < 1.29 is 4.79 Å². The Balaban J connectivity index is 1.43. The molecule has 0 spiro atoms. The highest BCUT2D eigenvalue weighted by atomic mass is 32.1. The molecule has 140 valence electrons. The third-order valence-electron chi connectivity index (χ3n) is 5.88. The van der Waals surface area contributed by atoms with Crippen molar-refractivity contribution in [2.75, 3.05) is 24.5 Å². The zero-order valence-electron chi connectivity index (χ0n) is 15.5.